The van der Waals surface area contributed by atoms with E-state index in [0.717, 1.165) is 16.8 Å². The van der Waals surface area contributed by atoms with Crippen LogP contribution in [-0.2, 0) is 16.0 Å². The van der Waals surface area contributed by atoms with Crippen molar-refractivity contribution < 1.29 is 9.59 Å². The number of carbonyl (C=O) groups is 2. The Balaban J connectivity index is 2.10. The van der Waals surface area contributed by atoms with E-state index < -0.39 is 0 Å². The van der Waals surface area contributed by atoms with Crippen LogP contribution < -0.4 is 16.8 Å². The van der Waals surface area contributed by atoms with Crippen molar-refractivity contribution in [1.29, 1.82) is 0 Å². The molecule has 20 heavy (non-hydrogen) atoms. The van der Waals surface area contributed by atoms with E-state index in [1.54, 1.807) is 0 Å². The highest BCUT2D eigenvalue weighted by Crippen LogP contribution is 2.33. The molecule has 2 amide bonds. The molecular formula is C15H21N3O2. The average Bonchev–Trinajstić information content (AvgIpc) is 2.64. The van der Waals surface area contributed by atoms with E-state index in [1.807, 2.05) is 32.0 Å². The third-order valence-corrected chi connectivity index (χ3v) is 3.61. The summed E-state index contributed by atoms with van der Waals surface area (Å²) in [7, 11) is 0. The summed E-state index contributed by atoms with van der Waals surface area (Å²) in [6.07, 6.45) is 1.38. The average molecular weight is 275 g/mol. The van der Waals surface area contributed by atoms with E-state index in [0.29, 0.717) is 19.3 Å². The van der Waals surface area contributed by atoms with Gasteiger partial charge in [0.1, 0.15) is 0 Å². The lowest BCUT2D eigenvalue weighted by Gasteiger charge is -2.27. The van der Waals surface area contributed by atoms with Crippen LogP contribution in [0.1, 0.15) is 43.9 Å². The number of anilines is 1. The van der Waals surface area contributed by atoms with Crippen molar-refractivity contribution in [2.75, 3.05) is 5.32 Å². The number of amides is 2. The largest absolute Gasteiger partial charge is 0.370 e. The highest BCUT2D eigenvalue weighted by atomic mass is 16.2. The first-order valence-corrected chi connectivity index (χ1v) is 6.73. The summed E-state index contributed by atoms with van der Waals surface area (Å²) in [5, 5.41) is 2.80. The second-order valence-electron chi connectivity index (χ2n) is 6.26. The van der Waals surface area contributed by atoms with Gasteiger partial charge in [-0.2, -0.15) is 0 Å². The smallest absolute Gasteiger partial charge is 0.228 e. The number of hydrogen-bond acceptors (Lipinski definition) is 3. The predicted molar refractivity (Wildman–Crippen MR) is 77.9 cm³/mol. The van der Waals surface area contributed by atoms with Gasteiger partial charge in [0.2, 0.25) is 11.8 Å². The van der Waals surface area contributed by atoms with Gasteiger partial charge in [-0.15, -0.1) is 0 Å². The molecule has 1 aromatic carbocycles. The molecule has 1 heterocycles. The van der Waals surface area contributed by atoms with Crippen molar-refractivity contribution in [3.05, 3.63) is 29.3 Å². The molecule has 1 unspecified atom stereocenters. The quantitative estimate of drug-likeness (QED) is 0.759. The van der Waals surface area contributed by atoms with Crippen LogP contribution in [0, 0.1) is 5.41 Å². The van der Waals surface area contributed by atoms with Gasteiger partial charge in [0.25, 0.3) is 0 Å². The van der Waals surface area contributed by atoms with Gasteiger partial charge >= 0.3 is 0 Å². The molecule has 5 heteroatoms. The monoisotopic (exact) mass is 275 g/mol. The third kappa shape index (κ3) is 3.36. The van der Waals surface area contributed by atoms with Crippen LogP contribution in [0.3, 0.4) is 0 Å². The van der Waals surface area contributed by atoms with Gasteiger partial charge in [-0.05, 0) is 29.0 Å². The Bertz CT molecular complexity index is 552. The van der Waals surface area contributed by atoms with E-state index >= 15 is 0 Å². The zero-order valence-electron chi connectivity index (χ0n) is 11.9. The predicted octanol–water partition coefficient (Wildman–Crippen LogP) is 1.47. The number of primary amides is 1. The van der Waals surface area contributed by atoms with E-state index in [-0.39, 0.29) is 23.3 Å². The zero-order chi connectivity index (χ0) is 14.9. The fourth-order valence-electron chi connectivity index (χ4n) is 2.74. The summed E-state index contributed by atoms with van der Waals surface area (Å²) in [6, 6.07) is 5.61. The fraction of sp³-hybridized carbons (Fsp3) is 0.467. The molecule has 1 aliphatic rings. The third-order valence-electron chi connectivity index (χ3n) is 3.61. The lowest BCUT2D eigenvalue weighted by atomic mass is 9.80. The number of fused-ring (bicyclic) bond motifs is 1. The molecule has 2 rings (SSSR count). The molecule has 108 valence electrons. The highest BCUT2D eigenvalue weighted by Gasteiger charge is 2.25. The van der Waals surface area contributed by atoms with Crippen molar-refractivity contribution in [2.45, 2.75) is 39.2 Å². The highest BCUT2D eigenvalue weighted by molar-refractivity contribution is 5.99. The zero-order valence-corrected chi connectivity index (χ0v) is 11.9. The van der Waals surface area contributed by atoms with Crippen molar-refractivity contribution >= 4 is 17.5 Å². The Morgan fingerprint density at radius 3 is 2.80 bits per heavy atom. The number of nitrogens with two attached hydrogens (primary N) is 2. The minimum atomic E-state index is -0.314. The summed E-state index contributed by atoms with van der Waals surface area (Å²) in [5.74, 6) is -0.300. The van der Waals surface area contributed by atoms with Gasteiger partial charge in [0, 0.05) is 18.2 Å². The topological polar surface area (TPSA) is 98.2 Å². The second-order valence-corrected chi connectivity index (χ2v) is 6.26. The van der Waals surface area contributed by atoms with Crippen LogP contribution in [0.15, 0.2) is 18.2 Å². The van der Waals surface area contributed by atoms with Gasteiger partial charge in [0.15, 0.2) is 0 Å². The second kappa shape index (κ2) is 5.25. The van der Waals surface area contributed by atoms with Crippen LogP contribution >= 0.6 is 0 Å². The lowest BCUT2D eigenvalue weighted by molar-refractivity contribution is -0.120. The molecule has 1 aliphatic heterocycles. The molecule has 0 aromatic heterocycles. The van der Waals surface area contributed by atoms with Crippen LogP contribution in [0.5, 0.6) is 0 Å². The van der Waals surface area contributed by atoms with Gasteiger partial charge in [-0.25, -0.2) is 0 Å². The van der Waals surface area contributed by atoms with Crippen molar-refractivity contribution in [3.63, 3.8) is 0 Å². The Hall–Kier alpha value is -1.88. The Morgan fingerprint density at radius 1 is 1.45 bits per heavy atom. The number of hydrogen-bond donors (Lipinski definition) is 3. The first-order chi connectivity index (χ1) is 9.27. The summed E-state index contributed by atoms with van der Waals surface area (Å²) in [5.41, 5.74) is 14.1. The number of benzene rings is 1. The molecule has 0 aliphatic carbocycles. The van der Waals surface area contributed by atoms with Gasteiger partial charge < -0.3 is 16.8 Å². The standard InChI is InChI=1S/C15H21N3O2/c1-15(2,8-13(17)19)7-11(16)9-3-4-12-10(5-9)6-14(20)18-12/h3-5,11H,6-8,16H2,1-2H3,(H2,17,19)(H,18,20). The first kappa shape index (κ1) is 14.5. The Morgan fingerprint density at radius 2 is 2.15 bits per heavy atom. The number of carbonyl (C=O) groups excluding carboxylic acids is 2. The summed E-state index contributed by atoms with van der Waals surface area (Å²) >= 11 is 0. The maximum atomic E-state index is 11.3. The number of rotatable bonds is 5. The number of nitrogens with one attached hydrogen (secondary N) is 1. The Kier molecular flexibility index (Phi) is 3.81. The lowest BCUT2D eigenvalue weighted by Crippen LogP contribution is -2.27. The summed E-state index contributed by atoms with van der Waals surface area (Å²) < 4.78 is 0. The molecule has 0 fully saturated rings. The Labute approximate surface area is 118 Å². The van der Waals surface area contributed by atoms with Gasteiger partial charge in [-0.1, -0.05) is 26.0 Å². The normalized spacial score (nSPS) is 15.7. The van der Waals surface area contributed by atoms with E-state index in [4.69, 9.17) is 11.5 Å². The molecule has 5 N–H and O–H groups in total. The van der Waals surface area contributed by atoms with Crippen LogP contribution in [0.4, 0.5) is 5.69 Å². The molecule has 0 radical (unpaired) electrons. The minimum Gasteiger partial charge on any atom is -0.370 e. The molecule has 0 saturated heterocycles. The van der Waals surface area contributed by atoms with E-state index in [1.165, 1.54) is 0 Å². The van der Waals surface area contributed by atoms with Crippen LogP contribution in [0.2, 0.25) is 0 Å². The molecule has 1 atom stereocenters. The van der Waals surface area contributed by atoms with E-state index in [9.17, 15) is 9.59 Å². The fourth-order valence-corrected chi connectivity index (χ4v) is 2.74. The van der Waals surface area contributed by atoms with Crippen molar-refractivity contribution in [1.82, 2.24) is 0 Å². The molecule has 0 bridgehead atoms. The maximum absolute atomic E-state index is 11.3. The maximum Gasteiger partial charge on any atom is 0.228 e. The SMILES string of the molecule is CC(C)(CC(N)=O)CC(N)c1ccc2c(c1)CC(=O)N2. The molecular weight excluding hydrogens is 254 g/mol. The summed E-state index contributed by atoms with van der Waals surface area (Å²) in [6.45, 7) is 3.96. The first-order valence-electron chi connectivity index (χ1n) is 6.73. The van der Waals surface area contributed by atoms with Gasteiger partial charge in [0.05, 0.1) is 6.42 Å². The van der Waals surface area contributed by atoms with Crippen molar-refractivity contribution in [2.24, 2.45) is 16.9 Å². The molecule has 0 saturated carbocycles. The summed E-state index contributed by atoms with van der Waals surface area (Å²) in [4.78, 5) is 22.4. The molecule has 5 nitrogen and oxygen atoms in total. The minimum absolute atomic E-state index is 0.0137. The van der Waals surface area contributed by atoms with Crippen LogP contribution in [0.25, 0.3) is 0 Å². The van der Waals surface area contributed by atoms with Crippen molar-refractivity contribution in [3.8, 4) is 0 Å². The van der Waals surface area contributed by atoms with Crippen LogP contribution in [-0.4, -0.2) is 11.8 Å². The van der Waals surface area contributed by atoms with Gasteiger partial charge in [-0.3, -0.25) is 9.59 Å². The van der Waals surface area contributed by atoms with E-state index in [2.05, 4.69) is 5.32 Å². The molecule has 0 spiro atoms. The molecule has 1 aromatic rings.